The highest BCUT2D eigenvalue weighted by molar-refractivity contribution is 5.72. The minimum atomic E-state index is -0.911. The van der Waals surface area contributed by atoms with Gasteiger partial charge in [0.1, 0.15) is 6.61 Å². The van der Waals surface area contributed by atoms with Gasteiger partial charge in [-0.3, -0.25) is 4.79 Å². The van der Waals surface area contributed by atoms with Crippen LogP contribution in [0.25, 0.3) is 0 Å². The fourth-order valence-corrected chi connectivity index (χ4v) is 1.68. The van der Waals surface area contributed by atoms with Gasteiger partial charge in [0.2, 0.25) is 0 Å². The number of aliphatic carboxylic acids is 1. The van der Waals surface area contributed by atoms with Crippen molar-refractivity contribution in [3.8, 4) is 0 Å². The predicted molar refractivity (Wildman–Crippen MR) is 56.8 cm³/mol. The van der Waals surface area contributed by atoms with Gasteiger partial charge in [0.05, 0.1) is 5.92 Å². The molecule has 0 aromatic heterocycles. The molecule has 0 saturated carbocycles. The number of carboxylic acid groups (broad SMARTS) is 1. The summed E-state index contributed by atoms with van der Waals surface area (Å²) in [5.74, 6) is -1.49. The first kappa shape index (κ1) is 12.5. The molecule has 2 atom stereocenters. The maximum Gasteiger partial charge on any atom is 0.410 e. The summed E-state index contributed by atoms with van der Waals surface area (Å²) in [5, 5.41) is 8.85. The monoisotopic (exact) mass is 228 g/mol. The lowest BCUT2D eigenvalue weighted by molar-refractivity contribution is -0.143. The molecule has 3 N–H and O–H groups in total. The molecule has 0 radical (unpaired) electrons. The van der Waals surface area contributed by atoms with Crippen molar-refractivity contribution >= 4 is 12.1 Å². The van der Waals surface area contributed by atoms with Crippen LogP contribution < -0.4 is 5.73 Å². The summed E-state index contributed by atoms with van der Waals surface area (Å²) in [4.78, 5) is 23.6. The first-order valence-corrected chi connectivity index (χ1v) is 5.07. The number of hydrogen-bond donors (Lipinski definition) is 2. The lowest BCUT2D eigenvalue weighted by atomic mass is 9.93. The molecule has 1 aliphatic heterocycles. The summed E-state index contributed by atoms with van der Waals surface area (Å²) in [6, 6.07) is -0.539. The average molecular weight is 228 g/mol. The standard InChI is InChI=1S/C10H16N2O4/c1-2-5-16-10(15)12-4-3-7(9(13)14)8(11)6-12/h2,7-8H,1,3-6,11H2,(H,13,14)/t7-,8+/m0/s1. The Labute approximate surface area is 93.7 Å². The number of ether oxygens (including phenoxy) is 1. The normalized spacial score (nSPS) is 24.9. The van der Waals surface area contributed by atoms with E-state index in [0.717, 1.165) is 0 Å². The minimum Gasteiger partial charge on any atom is -0.481 e. The van der Waals surface area contributed by atoms with Crippen molar-refractivity contribution in [2.24, 2.45) is 11.7 Å². The van der Waals surface area contributed by atoms with Crippen molar-refractivity contribution in [1.82, 2.24) is 4.90 Å². The van der Waals surface area contributed by atoms with E-state index in [9.17, 15) is 9.59 Å². The van der Waals surface area contributed by atoms with Crippen LogP contribution in [0.3, 0.4) is 0 Å². The van der Waals surface area contributed by atoms with Crippen LogP contribution >= 0.6 is 0 Å². The van der Waals surface area contributed by atoms with E-state index in [-0.39, 0.29) is 13.2 Å². The van der Waals surface area contributed by atoms with E-state index < -0.39 is 24.0 Å². The van der Waals surface area contributed by atoms with Crippen molar-refractivity contribution in [2.45, 2.75) is 12.5 Å². The van der Waals surface area contributed by atoms with Gasteiger partial charge >= 0.3 is 12.1 Å². The fourth-order valence-electron chi connectivity index (χ4n) is 1.68. The molecule has 1 aliphatic rings. The second kappa shape index (κ2) is 5.50. The fraction of sp³-hybridized carbons (Fsp3) is 0.600. The maximum atomic E-state index is 11.4. The van der Waals surface area contributed by atoms with Crippen LogP contribution in [-0.4, -0.2) is 47.8 Å². The van der Waals surface area contributed by atoms with Crippen LogP contribution in [0.4, 0.5) is 4.79 Å². The Balaban J connectivity index is 2.47. The summed E-state index contributed by atoms with van der Waals surface area (Å²) in [6.07, 6.45) is 1.36. The van der Waals surface area contributed by atoms with E-state index in [1.807, 2.05) is 0 Å². The van der Waals surface area contributed by atoms with Gasteiger partial charge < -0.3 is 20.5 Å². The molecule has 6 nitrogen and oxygen atoms in total. The van der Waals surface area contributed by atoms with E-state index >= 15 is 0 Å². The van der Waals surface area contributed by atoms with E-state index in [2.05, 4.69) is 6.58 Å². The highest BCUT2D eigenvalue weighted by Crippen LogP contribution is 2.17. The van der Waals surface area contributed by atoms with E-state index in [0.29, 0.717) is 13.0 Å². The van der Waals surface area contributed by atoms with Crippen molar-refractivity contribution in [1.29, 1.82) is 0 Å². The Morgan fingerprint density at radius 2 is 2.31 bits per heavy atom. The van der Waals surface area contributed by atoms with Crippen molar-refractivity contribution in [2.75, 3.05) is 19.7 Å². The molecule has 1 fully saturated rings. The minimum absolute atomic E-state index is 0.146. The SMILES string of the molecule is C=CCOC(=O)N1CC[C@H](C(=O)O)[C@H](N)C1. The van der Waals surface area contributed by atoms with Gasteiger partial charge in [-0.25, -0.2) is 4.79 Å². The molecular formula is C10H16N2O4. The molecule has 90 valence electrons. The summed E-state index contributed by atoms with van der Waals surface area (Å²) < 4.78 is 4.84. The number of amides is 1. The number of nitrogens with two attached hydrogens (primary N) is 1. The van der Waals surface area contributed by atoms with Crippen molar-refractivity contribution in [3.05, 3.63) is 12.7 Å². The molecule has 1 amide bonds. The van der Waals surface area contributed by atoms with Crippen LogP contribution in [0.15, 0.2) is 12.7 Å². The second-order valence-electron chi connectivity index (χ2n) is 3.71. The largest absolute Gasteiger partial charge is 0.481 e. The maximum absolute atomic E-state index is 11.4. The second-order valence-corrected chi connectivity index (χ2v) is 3.71. The van der Waals surface area contributed by atoms with Crippen LogP contribution in [0.5, 0.6) is 0 Å². The van der Waals surface area contributed by atoms with Gasteiger partial charge in [-0.05, 0) is 6.42 Å². The number of piperidine rings is 1. The molecule has 1 saturated heterocycles. The molecule has 0 aliphatic carbocycles. The first-order valence-electron chi connectivity index (χ1n) is 5.07. The highest BCUT2D eigenvalue weighted by Gasteiger charge is 2.33. The van der Waals surface area contributed by atoms with Crippen LogP contribution in [-0.2, 0) is 9.53 Å². The van der Waals surface area contributed by atoms with Gasteiger partial charge in [0.25, 0.3) is 0 Å². The zero-order chi connectivity index (χ0) is 12.1. The molecule has 16 heavy (non-hydrogen) atoms. The Kier molecular flexibility index (Phi) is 4.30. The number of rotatable bonds is 3. The van der Waals surface area contributed by atoms with Gasteiger partial charge in [-0.15, -0.1) is 0 Å². The number of carboxylic acids is 1. The molecule has 0 aromatic carbocycles. The van der Waals surface area contributed by atoms with Crippen LogP contribution in [0.1, 0.15) is 6.42 Å². The number of carbonyl (C=O) groups is 2. The Hall–Kier alpha value is -1.56. The Morgan fingerprint density at radius 1 is 1.62 bits per heavy atom. The molecule has 1 rings (SSSR count). The number of nitrogens with zero attached hydrogens (tertiary/aromatic N) is 1. The first-order chi connectivity index (χ1) is 7.56. The number of carbonyl (C=O) groups excluding carboxylic acids is 1. The highest BCUT2D eigenvalue weighted by atomic mass is 16.6. The molecule has 1 heterocycles. The quantitative estimate of drug-likeness (QED) is 0.665. The Bertz CT molecular complexity index is 293. The molecule has 0 bridgehead atoms. The zero-order valence-corrected chi connectivity index (χ0v) is 8.96. The van der Waals surface area contributed by atoms with Crippen molar-refractivity contribution in [3.63, 3.8) is 0 Å². The topological polar surface area (TPSA) is 92.9 Å². The number of hydrogen-bond acceptors (Lipinski definition) is 4. The summed E-state index contributed by atoms with van der Waals surface area (Å²) in [5.41, 5.74) is 5.69. The number of likely N-dealkylation sites (tertiary alicyclic amines) is 1. The third-order valence-corrected chi connectivity index (χ3v) is 2.56. The van der Waals surface area contributed by atoms with E-state index in [4.69, 9.17) is 15.6 Å². The van der Waals surface area contributed by atoms with Gasteiger partial charge in [0.15, 0.2) is 0 Å². The lowest BCUT2D eigenvalue weighted by Crippen LogP contribution is -2.52. The van der Waals surface area contributed by atoms with Gasteiger partial charge in [0, 0.05) is 19.1 Å². The van der Waals surface area contributed by atoms with Crippen molar-refractivity contribution < 1.29 is 19.4 Å². The average Bonchev–Trinajstić information content (AvgIpc) is 2.25. The molecule has 0 unspecified atom stereocenters. The van der Waals surface area contributed by atoms with Crippen LogP contribution in [0, 0.1) is 5.92 Å². The summed E-state index contributed by atoms with van der Waals surface area (Å²) >= 11 is 0. The Morgan fingerprint density at radius 3 is 2.81 bits per heavy atom. The van der Waals surface area contributed by atoms with Gasteiger partial charge in [-0.1, -0.05) is 12.7 Å². The van der Waals surface area contributed by atoms with Gasteiger partial charge in [-0.2, -0.15) is 0 Å². The third-order valence-electron chi connectivity index (χ3n) is 2.56. The molecule has 0 spiro atoms. The predicted octanol–water partition coefficient (Wildman–Crippen LogP) is 0.0428. The van der Waals surface area contributed by atoms with Crippen LogP contribution in [0.2, 0.25) is 0 Å². The molecule has 0 aromatic rings. The summed E-state index contributed by atoms with van der Waals surface area (Å²) in [7, 11) is 0. The molecule has 6 heteroatoms. The van der Waals surface area contributed by atoms with E-state index in [1.165, 1.54) is 11.0 Å². The smallest absolute Gasteiger partial charge is 0.410 e. The molecular weight excluding hydrogens is 212 g/mol. The van der Waals surface area contributed by atoms with E-state index in [1.54, 1.807) is 0 Å². The zero-order valence-electron chi connectivity index (χ0n) is 8.96. The third kappa shape index (κ3) is 2.96. The summed E-state index contributed by atoms with van der Waals surface area (Å²) in [6.45, 7) is 4.15. The lowest BCUT2D eigenvalue weighted by Gasteiger charge is -2.33.